The molecule has 0 heterocycles. The van der Waals surface area contributed by atoms with E-state index in [1.807, 2.05) is 0 Å². The SMILES string of the molecule is CCCCCCCCCCC(=O)OC[C@H](COP(=O)(O)OC[C@H](O)COP(=O)(O)OC[C@@H](COC(=O)CCCCCCCCCCCCCCCCC(C)C)OC(=O)CCCCCCCCCCCCCCCCCCC(C)C)OC(=O)CCCCCCCCCCCC(C)C. The average molecular weight is 1410 g/mol. The monoisotopic (exact) mass is 1410 g/mol. The molecule has 2 unspecified atom stereocenters. The highest BCUT2D eigenvalue weighted by Gasteiger charge is 2.30. The maximum absolute atomic E-state index is 13.1. The number of aliphatic hydroxyl groups excluding tert-OH is 1. The van der Waals surface area contributed by atoms with Crippen LogP contribution in [0.5, 0.6) is 0 Å². The molecule has 0 aromatic rings. The second-order valence-corrected chi connectivity index (χ2v) is 32.1. The van der Waals surface area contributed by atoms with Crippen molar-refractivity contribution in [3.05, 3.63) is 0 Å². The van der Waals surface area contributed by atoms with Gasteiger partial charge in [-0.3, -0.25) is 37.3 Å². The summed E-state index contributed by atoms with van der Waals surface area (Å²) in [5.74, 6) is 0.226. The smallest absolute Gasteiger partial charge is 0.462 e. The van der Waals surface area contributed by atoms with Crippen LogP contribution in [-0.2, 0) is 65.4 Å². The highest BCUT2D eigenvalue weighted by atomic mass is 31.2. The van der Waals surface area contributed by atoms with Gasteiger partial charge in [0, 0.05) is 25.7 Å². The molecule has 0 aliphatic heterocycles. The molecule has 0 spiro atoms. The van der Waals surface area contributed by atoms with Gasteiger partial charge in [0.05, 0.1) is 26.4 Å². The minimum absolute atomic E-state index is 0.105. The summed E-state index contributed by atoms with van der Waals surface area (Å²) in [4.78, 5) is 72.7. The van der Waals surface area contributed by atoms with E-state index in [4.69, 9.17) is 37.0 Å². The molecule has 0 saturated heterocycles. The van der Waals surface area contributed by atoms with Gasteiger partial charge in [-0.25, -0.2) is 9.13 Å². The van der Waals surface area contributed by atoms with E-state index in [2.05, 4.69) is 48.5 Å². The molecule has 96 heavy (non-hydrogen) atoms. The number of hydrogen-bond acceptors (Lipinski definition) is 15. The summed E-state index contributed by atoms with van der Waals surface area (Å²) in [6.07, 6.45) is 54.2. The number of carbonyl (C=O) groups is 4. The summed E-state index contributed by atoms with van der Waals surface area (Å²) in [6, 6.07) is 0. The number of phosphoric acid groups is 2. The molecule has 19 heteroatoms. The van der Waals surface area contributed by atoms with Gasteiger partial charge < -0.3 is 33.8 Å². The normalized spacial score (nSPS) is 14.1. The van der Waals surface area contributed by atoms with Gasteiger partial charge in [0.1, 0.15) is 19.3 Å². The third-order valence-corrected chi connectivity index (χ3v) is 19.8. The number of aliphatic hydroxyl groups is 1. The van der Waals surface area contributed by atoms with Crippen LogP contribution >= 0.6 is 15.6 Å². The van der Waals surface area contributed by atoms with E-state index in [0.717, 1.165) is 114 Å². The van der Waals surface area contributed by atoms with Crippen molar-refractivity contribution in [1.82, 2.24) is 0 Å². The van der Waals surface area contributed by atoms with Crippen LogP contribution < -0.4 is 0 Å². The van der Waals surface area contributed by atoms with Crippen LogP contribution in [0.3, 0.4) is 0 Å². The van der Waals surface area contributed by atoms with Gasteiger partial charge in [-0.1, -0.05) is 344 Å². The van der Waals surface area contributed by atoms with E-state index in [0.29, 0.717) is 25.7 Å². The molecule has 0 saturated carbocycles. The number of phosphoric ester groups is 2. The van der Waals surface area contributed by atoms with Crippen LogP contribution in [0, 0.1) is 17.8 Å². The highest BCUT2D eigenvalue weighted by molar-refractivity contribution is 7.47. The third-order valence-electron chi connectivity index (χ3n) is 17.9. The standard InChI is InChI=1S/C77H150O17P2/c1-8-9-10-11-12-37-44-51-58-74(79)87-64-72(94-77(82)61-54-47-40-33-27-30-36-43-50-57-70(6)7)66-91-95(83,84)89-62-71(78)63-90-96(85,86)92-67-73(65-88-75(80)59-52-45-38-31-25-21-18-17-20-24-29-35-42-49-56-69(4)5)93-76(81)60-53-46-39-32-26-22-16-14-13-15-19-23-28-34-41-48-55-68(2)3/h68-73,78H,8-67H2,1-7H3,(H,83,84)(H,85,86)/t71-,72+,73+/m0/s1. The van der Waals surface area contributed by atoms with Crippen molar-refractivity contribution in [2.45, 2.75) is 414 Å². The Morgan fingerprint density at radius 2 is 0.479 bits per heavy atom. The van der Waals surface area contributed by atoms with Gasteiger partial charge in [0.25, 0.3) is 0 Å². The molecule has 0 bridgehead atoms. The average Bonchev–Trinajstić information content (AvgIpc) is 2.08. The Kier molecular flexibility index (Phi) is 66.2. The summed E-state index contributed by atoms with van der Waals surface area (Å²) >= 11 is 0. The maximum atomic E-state index is 13.1. The van der Waals surface area contributed by atoms with Crippen molar-refractivity contribution in [3.8, 4) is 0 Å². The first kappa shape index (κ1) is 94.1. The molecule has 0 radical (unpaired) electrons. The van der Waals surface area contributed by atoms with Gasteiger partial charge in [-0.05, 0) is 43.4 Å². The minimum atomic E-state index is -4.96. The van der Waals surface area contributed by atoms with Crippen molar-refractivity contribution in [3.63, 3.8) is 0 Å². The van der Waals surface area contributed by atoms with Crippen LogP contribution in [0.4, 0.5) is 0 Å². The zero-order valence-electron chi connectivity index (χ0n) is 62.8. The highest BCUT2D eigenvalue weighted by Crippen LogP contribution is 2.45. The van der Waals surface area contributed by atoms with E-state index in [-0.39, 0.29) is 25.7 Å². The van der Waals surface area contributed by atoms with Crippen molar-refractivity contribution in [2.24, 2.45) is 17.8 Å². The molecule has 0 aliphatic rings. The molecule has 0 aromatic carbocycles. The molecule has 0 amide bonds. The Bertz CT molecular complexity index is 1870. The first-order valence-corrected chi connectivity index (χ1v) is 42.8. The fourth-order valence-corrected chi connectivity index (χ4v) is 13.4. The Morgan fingerprint density at radius 1 is 0.281 bits per heavy atom. The lowest BCUT2D eigenvalue weighted by molar-refractivity contribution is -0.161. The van der Waals surface area contributed by atoms with Crippen LogP contribution in [0.1, 0.15) is 395 Å². The first-order valence-electron chi connectivity index (χ1n) is 39.8. The maximum Gasteiger partial charge on any atom is 0.472 e. The molecular formula is C77H150O17P2. The van der Waals surface area contributed by atoms with Crippen LogP contribution in [0.25, 0.3) is 0 Å². The van der Waals surface area contributed by atoms with Gasteiger partial charge in [0.2, 0.25) is 0 Å². The second-order valence-electron chi connectivity index (χ2n) is 29.2. The van der Waals surface area contributed by atoms with E-state index < -0.39 is 97.5 Å². The largest absolute Gasteiger partial charge is 0.472 e. The first-order chi connectivity index (χ1) is 46.2. The topological polar surface area (TPSA) is 237 Å². The lowest BCUT2D eigenvalue weighted by Crippen LogP contribution is -2.30. The summed E-state index contributed by atoms with van der Waals surface area (Å²) in [7, 11) is -9.91. The Balaban J connectivity index is 5.21. The number of rotatable bonds is 75. The summed E-state index contributed by atoms with van der Waals surface area (Å²) in [5.41, 5.74) is 0. The van der Waals surface area contributed by atoms with E-state index in [1.165, 1.54) is 199 Å². The molecule has 3 N–H and O–H groups in total. The predicted molar refractivity (Wildman–Crippen MR) is 391 cm³/mol. The Labute approximate surface area is 588 Å². The summed E-state index contributed by atoms with van der Waals surface area (Å²) in [6.45, 7) is 11.9. The zero-order chi connectivity index (χ0) is 70.9. The minimum Gasteiger partial charge on any atom is -0.462 e. The molecule has 570 valence electrons. The molecular weight excluding hydrogens is 1260 g/mol. The van der Waals surface area contributed by atoms with Crippen molar-refractivity contribution < 1.29 is 80.2 Å². The van der Waals surface area contributed by atoms with E-state index in [9.17, 15) is 43.2 Å². The van der Waals surface area contributed by atoms with Crippen molar-refractivity contribution in [1.29, 1.82) is 0 Å². The number of ether oxygens (including phenoxy) is 4. The summed E-state index contributed by atoms with van der Waals surface area (Å²) < 4.78 is 68.5. The predicted octanol–water partition coefficient (Wildman–Crippen LogP) is 22.6. The van der Waals surface area contributed by atoms with Gasteiger partial charge in [-0.2, -0.15) is 0 Å². The van der Waals surface area contributed by atoms with E-state index >= 15 is 0 Å². The lowest BCUT2D eigenvalue weighted by Gasteiger charge is -2.21. The van der Waals surface area contributed by atoms with Crippen molar-refractivity contribution in [2.75, 3.05) is 39.6 Å². The van der Waals surface area contributed by atoms with E-state index in [1.54, 1.807) is 0 Å². The Hall–Kier alpha value is -1.94. The van der Waals surface area contributed by atoms with Crippen LogP contribution in [-0.4, -0.2) is 96.7 Å². The number of unbranched alkanes of at least 4 members (excludes halogenated alkanes) is 43. The molecule has 0 fully saturated rings. The van der Waals surface area contributed by atoms with Gasteiger partial charge in [0.15, 0.2) is 12.2 Å². The fourth-order valence-electron chi connectivity index (χ4n) is 11.8. The molecule has 5 atom stereocenters. The quantitative estimate of drug-likeness (QED) is 0.0222. The molecule has 0 rings (SSSR count). The number of hydrogen-bond donors (Lipinski definition) is 3. The lowest BCUT2D eigenvalue weighted by atomic mass is 10.0. The molecule has 0 aromatic heterocycles. The third kappa shape index (κ3) is 70.5. The van der Waals surface area contributed by atoms with Crippen LogP contribution in [0.15, 0.2) is 0 Å². The van der Waals surface area contributed by atoms with Crippen molar-refractivity contribution >= 4 is 39.5 Å². The summed E-state index contributed by atoms with van der Waals surface area (Å²) in [5, 5.41) is 10.6. The second kappa shape index (κ2) is 67.5. The molecule has 0 aliphatic carbocycles. The number of esters is 4. The van der Waals surface area contributed by atoms with Crippen LogP contribution in [0.2, 0.25) is 0 Å². The van der Waals surface area contributed by atoms with Gasteiger partial charge >= 0.3 is 39.5 Å². The zero-order valence-corrected chi connectivity index (χ0v) is 64.6. The Morgan fingerprint density at radius 3 is 0.708 bits per heavy atom. The fraction of sp³-hybridized carbons (Fsp3) is 0.948. The molecule has 17 nitrogen and oxygen atoms in total. The number of carbonyl (C=O) groups excluding carboxylic acids is 4. The van der Waals surface area contributed by atoms with Gasteiger partial charge in [-0.15, -0.1) is 0 Å².